The van der Waals surface area contributed by atoms with Gasteiger partial charge in [0.05, 0.1) is 6.10 Å². The SMILES string of the molecule is O[C@H]1CC2(CCCC(C3CC3)C2)Oc2cc(F)ccc21. The fourth-order valence-electron chi connectivity index (χ4n) is 4.23. The Morgan fingerprint density at radius 3 is 2.80 bits per heavy atom. The molecule has 1 aliphatic heterocycles. The first-order valence-corrected chi connectivity index (χ1v) is 7.82. The van der Waals surface area contributed by atoms with Gasteiger partial charge in [-0.15, -0.1) is 0 Å². The van der Waals surface area contributed by atoms with Crippen LogP contribution in [-0.4, -0.2) is 10.7 Å². The van der Waals surface area contributed by atoms with Crippen molar-refractivity contribution in [1.29, 1.82) is 0 Å². The van der Waals surface area contributed by atoms with E-state index in [0.29, 0.717) is 12.2 Å². The van der Waals surface area contributed by atoms with Crippen molar-refractivity contribution < 1.29 is 14.2 Å². The van der Waals surface area contributed by atoms with E-state index < -0.39 is 6.10 Å². The van der Waals surface area contributed by atoms with Crippen LogP contribution in [0, 0.1) is 17.7 Å². The topological polar surface area (TPSA) is 29.5 Å². The molecule has 1 N–H and O–H groups in total. The molecule has 0 amide bonds. The largest absolute Gasteiger partial charge is 0.487 e. The maximum Gasteiger partial charge on any atom is 0.128 e. The zero-order valence-electron chi connectivity index (χ0n) is 11.6. The molecule has 2 saturated carbocycles. The van der Waals surface area contributed by atoms with E-state index in [2.05, 4.69) is 0 Å². The van der Waals surface area contributed by atoms with E-state index in [0.717, 1.165) is 30.2 Å². The second kappa shape index (κ2) is 4.45. The zero-order valence-corrected chi connectivity index (χ0v) is 11.6. The molecule has 0 radical (unpaired) electrons. The smallest absolute Gasteiger partial charge is 0.128 e. The predicted molar refractivity (Wildman–Crippen MR) is 74.0 cm³/mol. The zero-order chi connectivity index (χ0) is 13.7. The Labute approximate surface area is 119 Å². The summed E-state index contributed by atoms with van der Waals surface area (Å²) in [5.41, 5.74) is 0.483. The lowest BCUT2D eigenvalue weighted by Gasteiger charge is -2.45. The summed E-state index contributed by atoms with van der Waals surface area (Å²) in [5, 5.41) is 10.4. The summed E-state index contributed by atoms with van der Waals surface area (Å²) in [6, 6.07) is 4.49. The van der Waals surface area contributed by atoms with Crippen molar-refractivity contribution in [3.8, 4) is 5.75 Å². The van der Waals surface area contributed by atoms with Gasteiger partial charge in [0.15, 0.2) is 0 Å². The maximum absolute atomic E-state index is 13.4. The molecule has 4 rings (SSSR count). The minimum Gasteiger partial charge on any atom is -0.487 e. The number of fused-ring (bicyclic) bond motifs is 1. The van der Waals surface area contributed by atoms with E-state index in [1.165, 1.54) is 37.8 Å². The van der Waals surface area contributed by atoms with Gasteiger partial charge in [-0.1, -0.05) is 0 Å². The van der Waals surface area contributed by atoms with E-state index in [1.54, 1.807) is 6.07 Å². The van der Waals surface area contributed by atoms with Crippen molar-refractivity contribution in [2.24, 2.45) is 11.8 Å². The van der Waals surface area contributed by atoms with Crippen LogP contribution in [0.2, 0.25) is 0 Å². The van der Waals surface area contributed by atoms with E-state index in [-0.39, 0.29) is 11.4 Å². The maximum atomic E-state index is 13.4. The van der Waals surface area contributed by atoms with Crippen molar-refractivity contribution in [2.45, 2.75) is 56.7 Å². The Morgan fingerprint density at radius 2 is 2.00 bits per heavy atom. The summed E-state index contributed by atoms with van der Waals surface area (Å²) in [4.78, 5) is 0. The van der Waals surface area contributed by atoms with Crippen molar-refractivity contribution in [1.82, 2.24) is 0 Å². The molecule has 1 aromatic carbocycles. The molecule has 3 atom stereocenters. The first kappa shape index (κ1) is 12.6. The molecular formula is C17H21FO2. The number of hydrogen-bond acceptors (Lipinski definition) is 2. The fraction of sp³-hybridized carbons (Fsp3) is 0.647. The molecule has 3 aliphatic rings. The second-order valence-corrected chi connectivity index (χ2v) is 6.88. The molecule has 1 aromatic rings. The molecule has 3 heteroatoms. The molecule has 2 nitrogen and oxygen atoms in total. The third kappa shape index (κ3) is 2.12. The minimum atomic E-state index is -0.516. The quantitative estimate of drug-likeness (QED) is 0.840. The van der Waals surface area contributed by atoms with Gasteiger partial charge in [-0.2, -0.15) is 0 Å². The molecule has 108 valence electrons. The van der Waals surface area contributed by atoms with Crippen molar-refractivity contribution in [2.75, 3.05) is 0 Å². The van der Waals surface area contributed by atoms with Crippen LogP contribution in [0.5, 0.6) is 5.75 Å². The number of ether oxygens (including phenoxy) is 1. The van der Waals surface area contributed by atoms with Gasteiger partial charge in [-0.25, -0.2) is 4.39 Å². The van der Waals surface area contributed by atoms with Gasteiger partial charge < -0.3 is 9.84 Å². The normalized spacial score (nSPS) is 36.5. The highest BCUT2D eigenvalue weighted by atomic mass is 19.1. The molecule has 0 saturated heterocycles. The predicted octanol–water partition coefficient (Wildman–Crippen LogP) is 3.98. The summed E-state index contributed by atoms with van der Waals surface area (Å²) >= 11 is 0. The minimum absolute atomic E-state index is 0.258. The van der Waals surface area contributed by atoms with Crippen LogP contribution in [0.15, 0.2) is 18.2 Å². The average molecular weight is 276 g/mol. The first-order chi connectivity index (χ1) is 9.65. The fourth-order valence-corrected chi connectivity index (χ4v) is 4.23. The summed E-state index contributed by atoms with van der Waals surface area (Å²) in [6.07, 6.45) is 7.34. The summed E-state index contributed by atoms with van der Waals surface area (Å²) in [6.45, 7) is 0. The molecule has 0 aromatic heterocycles. The Hall–Kier alpha value is -1.09. The van der Waals surface area contributed by atoms with E-state index >= 15 is 0 Å². The van der Waals surface area contributed by atoms with Crippen molar-refractivity contribution in [3.05, 3.63) is 29.6 Å². The molecule has 1 spiro atoms. The number of benzene rings is 1. The molecule has 2 fully saturated rings. The van der Waals surface area contributed by atoms with Gasteiger partial charge in [0.2, 0.25) is 0 Å². The summed E-state index contributed by atoms with van der Waals surface area (Å²) < 4.78 is 19.7. The highest BCUT2D eigenvalue weighted by molar-refractivity contribution is 5.38. The number of aliphatic hydroxyl groups excluding tert-OH is 1. The third-order valence-corrected chi connectivity index (χ3v) is 5.36. The number of aliphatic hydroxyl groups is 1. The lowest BCUT2D eigenvalue weighted by Crippen LogP contribution is -2.45. The number of hydrogen-bond donors (Lipinski definition) is 1. The number of halogens is 1. The van der Waals surface area contributed by atoms with Crippen LogP contribution in [0.3, 0.4) is 0 Å². The summed E-state index contributed by atoms with van der Waals surface area (Å²) in [7, 11) is 0. The molecule has 1 heterocycles. The lowest BCUT2D eigenvalue weighted by molar-refractivity contribution is -0.0546. The van der Waals surface area contributed by atoms with E-state index in [4.69, 9.17) is 4.74 Å². The molecule has 20 heavy (non-hydrogen) atoms. The van der Waals surface area contributed by atoms with Gasteiger partial charge in [0, 0.05) is 18.1 Å². The monoisotopic (exact) mass is 276 g/mol. The first-order valence-electron chi connectivity index (χ1n) is 7.82. The standard InChI is InChI=1S/C17H21FO2/c18-13-5-6-14-15(19)10-17(20-16(14)8-13)7-1-2-12(9-17)11-3-4-11/h5-6,8,11-12,15,19H,1-4,7,9-10H2/t12?,15-,17?/m0/s1. The van der Waals surface area contributed by atoms with Gasteiger partial charge >= 0.3 is 0 Å². The van der Waals surface area contributed by atoms with Crippen LogP contribution in [0.1, 0.15) is 56.6 Å². The van der Waals surface area contributed by atoms with Crippen LogP contribution in [0.4, 0.5) is 4.39 Å². The molecule has 2 unspecified atom stereocenters. The van der Waals surface area contributed by atoms with Gasteiger partial charge in [0.25, 0.3) is 0 Å². The van der Waals surface area contributed by atoms with Crippen LogP contribution in [-0.2, 0) is 0 Å². The molecule has 0 bridgehead atoms. The van der Waals surface area contributed by atoms with E-state index in [1.807, 2.05) is 0 Å². The lowest BCUT2D eigenvalue weighted by atomic mass is 9.72. The Kier molecular flexibility index (Phi) is 2.81. The average Bonchev–Trinajstić information content (AvgIpc) is 3.22. The Morgan fingerprint density at radius 1 is 1.15 bits per heavy atom. The van der Waals surface area contributed by atoms with E-state index in [9.17, 15) is 9.50 Å². The van der Waals surface area contributed by atoms with Crippen LogP contribution in [0.25, 0.3) is 0 Å². The van der Waals surface area contributed by atoms with Crippen molar-refractivity contribution in [3.63, 3.8) is 0 Å². The van der Waals surface area contributed by atoms with Crippen LogP contribution < -0.4 is 4.74 Å². The third-order valence-electron chi connectivity index (χ3n) is 5.36. The highest BCUT2D eigenvalue weighted by Gasteiger charge is 2.47. The number of rotatable bonds is 1. The molecule has 2 aliphatic carbocycles. The summed E-state index contributed by atoms with van der Waals surface area (Å²) in [5.74, 6) is 1.88. The van der Waals surface area contributed by atoms with Gasteiger partial charge in [-0.05, 0) is 62.5 Å². The van der Waals surface area contributed by atoms with Gasteiger partial charge in [-0.3, -0.25) is 0 Å². The Balaban J connectivity index is 1.63. The van der Waals surface area contributed by atoms with Gasteiger partial charge in [0.1, 0.15) is 17.2 Å². The second-order valence-electron chi connectivity index (χ2n) is 6.88. The highest BCUT2D eigenvalue weighted by Crippen LogP contribution is 2.52. The van der Waals surface area contributed by atoms with Crippen molar-refractivity contribution >= 4 is 0 Å². The Bertz CT molecular complexity index is 526. The molecular weight excluding hydrogens is 255 g/mol. The van der Waals surface area contributed by atoms with Crippen LogP contribution >= 0.6 is 0 Å².